The average molecular weight is 278 g/mol. The SMILES string of the molecule is CNC(CN1C(=O)C(C)C(C)C1=O)c1ccccc1F. The van der Waals surface area contributed by atoms with E-state index in [1.807, 2.05) is 0 Å². The van der Waals surface area contributed by atoms with Gasteiger partial charge in [0.05, 0.1) is 6.04 Å². The summed E-state index contributed by atoms with van der Waals surface area (Å²) in [5.74, 6) is -1.31. The van der Waals surface area contributed by atoms with Crippen molar-refractivity contribution in [1.82, 2.24) is 10.2 Å². The number of nitrogens with one attached hydrogen (secondary N) is 1. The van der Waals surface area contributed by atoms with Crippen molar-refractivity contribution in [3.8, 4) is 0 Å². The molecule has 1 saturated heterocycles. The van der Waals surface area contributed by atoms with Crippen LogP contribution in [0.3, 0.4) is 0 Å². The number of hydrogen-bond donors (Lipinski definition) is 1. The molecule has 1 heterocycles. The van der Waals surface area contributed by atoms with Gasteiger partial charge >= 0.3 is 0 Å². The van der Waals surface area contributed by atoms with E-state index in [0.717, 1.165) is 0 Å². The van der Waals surface area contributed by atoms with Crippen LogP contribution in [0.25, 0.3) is 0 Å². The maximum Gasteiger partial charge on any atom is 0.232 e. The molecule has 4 nitrogen and oxygen atoms in total. The van der Waals surface area contributed by atoms with Crippen LogP contribution in [0.4, 0.5) is 4.39 Å². The standard InChI is InChI=1S/C15H19FN2O2/c1-9-10(2)15(20)18(14(9)19)8-13(17-3)11-6-4-5-7-12(11)16/h4-7,9-10,13,17H,8H2,1-3H3. The number of benzene rings is 1. The molecule has 2 rings (SSSR count). The van der Waals surface area contributed by atoms with E-state index in [4.69, 9.17) is 0 Å². The summed E-state index contributed by atoms with van der Waals surface area (Å²) >= 11 is 0. The molecule has 3 atom stereocenters. The number of imide groups is 1. The lowest BCUT2D eigenvalue weighted by Crippen LogP contribution is -2.38. The van der Waals surface area contributed by atoms with Gasteiger partial charge in [0, 0.05) is 23.9 Å². The molecule has 0 bridgehead atoms. The van der Waals surface area contributed by atoms with Gasteiger partial charge in [-0.2, -0.15) is 0 Å². The highest BCUT2D eigenvalue weighted by Crippen LogP contribution is 2.28. The van der Waals surface area contributed by atoms with E-state index in [1.54, 1.807) is 39.1 Å². The van der Waals surface area contributed by atoms with Crippen molar-refractivity contribution in [2.45, 2.75) is 19.9 Å². The number of nitrogens with zero attached hydrogens (tertiary/aromatic N) is 1. The summed E-state index contributed by atoms with van der Waals surface area (Å²) in [6.07, 6.45) is 0. The number of likely N-dealkylation sites (N-methyl/N-ethyl adjacent to an activating group) is 1. The fourth-order valence-corrected chi connectivity index (χ4v) is 2.49. The maximum atomic E-state index is 13.8. The molecule has 3 unspecified atom stereocenters. The van der Waals surface area contributed by atoms with E-state index in [9.17, 15) is 14.0 Å². The van der Waals surface area contributed by atoms with Gasteiger partial charge < -0.3 is 5.32 Å². The maximum absolute atomic E-state index is 13.8. The average Bonchev–Trinajstić information content (AvgIpc) is 2.63. The van der Waals surface area contributed by atoms with Crippen LogP contribution in [-0.4, -0.2) is 30.3 Å². The lowest BCUT2D eigenvalue weighted by Gasteiger charge is -2.23. The van der Waals surface area contributed by atoms with E-state index in [2.05, 4.69) is 5.32 Å². The number of carbonyl (C=O) groups excluding carboxylic acids is 2. The Morgan fingerprint density at radius 1 is 1.20 bits per heavy atom. The van der Waals surface area contributed by atoms with Crippen molar-refractivity contribution in [1.29, 1.82) is 0 Å². The number of amides is 2. The molecule has 5 heteroatoms. The molecular weight excluding hydrogens is 259 g/mol. The highest BCUT2D eigenvalue weighted by molar-refractivity contribution is 6.04. The smallest absolute Gasteiger partial charge is 0.232 e. The van der Waals surface area contributed by atoms with Gasteiger partial charge in [-0.25, -0.2) is 4.39 Å². The number of halogens is 1. The number of carbonyl (C=O) groups is 2. The van der Waals surface area contributed by atoms with Gasteiger partial charge in [0.25, 0.3) is 0 Å². The molecule has 20 heavy (non-hydrogen) atoms. The van der Waals surface area contributed by atoms with Crippen molar-refractivity contribution in [2.75, 3.05) is 13.6 Å². The highest BCUT2D eigenvalue weighted by Gasteiger charge is 2.42. The van der Waals surface area contributed by atoms with Gasteiger partial charge in [-0.3, -0.25) is 14.5 Å². The molecule has 1 aromatic carbocycles. The molecule has 1 N–H and O–H groups in total. The van der Waals surface area contributed by atoms with E-state index in [0.29, 0.717) is 5.56 Å². The molecule has 0 spiro atoms. The second kappa shape index (κ2) is 5.71. The first-order valence-electron chi connectivity index (χ1n) is 6.74. The first-order chi connectivity index (χ1) is 9.47. The zero-order chi connectivity index (χ0) is 14.9. The summed E-state index contributed by atoms with van der Waals surface area (Å²) in [7, 11) is 1.69. The van der Waals surface area contributed by atoms with Gasteiger partial charge in [0.1, 0.15) is 5.82 Å². The van der Waals surface area contributed by atoms with Crippen LogP contribution in [0.1, 0.15) is 25.5 Å². The topological polar surface area (TPSA) is 49.4 Å². The second-order valence-corrected chi connectivity index (χ2v) is 5.23. The Morgan fingerprint density at radius 3 is 2.25 bits per heavy atom. The van der Waals surface area contributed by atoms with Gasteiger partial charge in [0.15, 0.2) is 0 Å². The Balaban J connectivity index is 2.22. The first kappa shape index (κ1) is 14.7. The Labute approximate surface area is 118 Å². The van der Waals surface area contributed by atoms with Crippen LogP contribution in [0.2, 0.25) is 0 Å². The van der Waals surface area contributed by atoms with Crippen LogP contribution < -0.4 is 5.32 Å². The van der Waals surface area contributed by atoms with Crippen LogP contribution in [0.5, 0.6) is 0 Å². The first-order valence-corrected chi connectivity index (χ1v) is 6.74. The van der Waals surface area contributed by atoms with E-state index >= 15 is 0 Å². The molecule has 1 aromatic rings. The van der Waals surface area contributed by atoms with E-state index in [1.165, 1.54) is 11.0 Å². The largest absolute Gasteiger partial charge is 0.311 e. The summed E-state index contributed by atoms with van der Waals surface area (Å²) in [6, 6.07) is 5.98. The van der Waals surface area contributed by atoms with Gasteiger partial charge in [0.2, 0.25) is 11.8 Å². The van der Waals surface area contributed by atoms with Crippen LogP contribution in [0, 0.1) is 17.7 Å². The van der Waals surface area contributed by atoms with Gasteiger partial charge in [-0.1, -0.05) is 32.0 Å². The molecule has 0 radical (unpaired) electrons. The third-order valence-corrected chi connectivity index (χ3v) is 4.06. The Hall–Kier alpha value is -1.75. The molecule has 1 fully saturated rings. The second-order valence-electron chi connectivity index (χ2n) is 5.23. The molecule has 0 aliphatic carbocycles. The van der Waals surface area contributed by atoms with Crippen molar-refractivity contribution in [2.24, 2.45) is 11.8 Å². The summed E-state index contributed by atoms with van der Waals surface area (Å²) in [6.45, 7) is 3.66. The zero-order valence-electron chi connectivity index (χ0n) is 11.9. The predicted octanol–water partition coefficient (Wildman–Crippen LogP) is 1.73. The summed E-state index contributed by atoms with van der Waals surface area (Å²) in [5.41, 5.74) is 0.461. The summed E-state index contributed by atoms with van der Waals surface area (Å²) in [5, 5.41) is 2.97. The Morgan fingerprint density at radius 2 is 1.75 bits per heavy atom. The number of likely N-dealkylation sites (tertiary alicyclic amines) is 1. The minimum atomic E-state index is -0.401. The molecule has 0 aromatic heterocycles. The van der Waals surface area contributed by atoms with E-state index < -0.39 is 6.04 Å². The zero-order valence-corrected chi connectivity index (χ0v) is 11.9. The quantitative estimate of drug-likeness (QED) is 0.853. The minimum absolute atomic E-state index is 0.157. The van der Waals surface area contributed by atoms with Crippen molar-refractivity contribution >= 4 is 11.8 Å². The lowest BCUT2D eigenvalue weighted by molar-refractivity contribution is -0.140. The van der Waals surface area contributed by atoms with Crippen LogP contribution in [-0.2, 0) is 9.59 Å². The minimum Gasteiger partial charge on any atom is -0.311 e. The summed E-state index contributed by atoms with van der Waals surface area (Å²) < 4.78 is 13.8. The molecule has 1 aliphatic rings. The summed E-state index contributed by atoms with van der Waals surface area (Å²) in [4.78, 5) is 25.4. The van der Waals surface area contributed by atoms with Crippen LogP contribution in [0.15, 0.2) is 24.3 Å². The fraction of sp³-hybridized carbons (Fsp3) is 0.467. The monoisotopic (exact) mass is 278 g/mol. The third kappa shape index (κ3) is 2.45. The lowest BCUT2D eigenvalue weighted by atomic mass is 10.00. The fourth-order valence-electron chi connectivity index (χ4n) is 2.49. The molecule has 1 aliphatic heterocycles. The van der Waals surface area contributed by atoms with Gasteiger partial charge in [-0.05, 0) is 13.1 Å². The number of rotatable bonds is 4. The van der Waals surface area contributed by atoms with Crippen molar-refractivity contribution < 1.29 is 14.0 Å². The van der Waals surface area contributed by atoms with Crippen molar-refractivity contribution in [3.05, 3.63) is 35.6 Å². The Kier molecular flexibility index (Phi) is 4.18. The number of hydrogen-bond acceptors (Lipinski definition) is 3. The molecular formula is C15H19FN2O2. The molecule has 2 amide bonds. The molecule has 0 saturated carbocycles. The predicted molar refractivity (Wildman–Crippen MR) is 73.2 cm³/mol. The van der Waals surface area contributed by atoms with Crippen molar-refractivity contribution in [3.63, 3.8) is 0 Å². The van der Waals surface area contributed by atoms with Gasteiger partial charge in [-0.15, -0.1) is 0 Å². The van der Waals surface area contributed by atoms with Crippen LogP contribution >= 0.6 is 0 Å². The van der Waals surface area contributed by atoms with E-state index in [-0.39, 0.29) is 36.0 Å². The third-order valence-electron chi connectivity index (χ3n) is 4.06. The molecule has 108 valence electrons. The highest BCUT2D eigenvalue weighted by atomic mass is 19.1. The normalized spacial score (nSPS) is 24.3. The Bertz CT molecular complexity index is 512.